The first-order chi connectivity index (χ1) is 6.45. The van der Waals surface area contributed by atoms with Gasteiger partial charge in [-0.15, -0.1) is 0 Å². The van der Waals surface area contributed by atoms with Gasteiger partial charge in [0.2, 0.25) is 17.1 Å². The molecular formula is C7H11NO5S. The second kappa shape index (κ2) is 6.39. The van der Waals surface area contributed by atoms with E-state index in [1.54, 1.807) is 0 Å². The van der Waals surface area contributed by atoms with Crippen molar-refractivity contribution in [3.05, 3.63) is 0 Å². The fourth-order valence-corrected chi connectivity index (χ4v) is 1.22. The molecule has 0 bridgehead atoms. The van der Waals surface area contributed by atoms with Crippen molar-refractivity contribution in [3.8, 4) is 0 Å². The number of hydrogen-bond donors (Lipinski definition) is 3. The third kappa shape index (κ3) is 5.55. The van der Waals surface area contributed by atoms with Crippen LogP contribution >= 0.6 is 11.8 Å². The Hall–Kier alpha value is -1.08. The fraction of sp³-hybridized carbons (Fsp3) is 0.571. The van der Waals surface area contributed by atoms with Crippen LogP contribution in [0.2, 0.25) is 0 Å². The highest BCUT2D eigenvalue weighted by Gasteiger charge is 2.22. The van der Waals surface area contributed by atoms with Crippen molar-refractivity contribution in [2.45, 2.75) is 13.0 Å². The average molecular weight is 221 g/mol. The second-order valence-corrected chi connectivity index (χ2v) is 3.49. The summed E-state index contributed by atoms with van der Waals surface area (Å²) in [5, 5.41) is 18.6. The highest BCUT2D eigenvalue weighted by molar-refractivity contribution is 8.13. The molecule has 0 aliphatic heterocycles. The summed E-state index contributed by atoms with van der Waals surface area (Å²) >= 11 is 0.670. The Labute approximate surface area is 84.7 Å². The molecule has 0 aliphatic carbocycles. The number of amides is 1. The maximum absolute atomic E-state index is 10.8. The van der Waals surface area contributed by atoms with Gasteiger partial charge in [-0.25, -0.2) is 4.79 Å². The number of carboxylic acid groups (broad SMARTS) is 1. The minimum atomic E-state index is -1.99. The number of carbonyl (C=O) groups excluding carboxylic acids is 2. The highest BCUT2D eigenvalue weighted by atomic mass is 32.2. The molecule has 0 aromatic carbocycles. The van der Waals surface area contributed by atoms with Gasteiger partial charge in [0.05, 0.1) is 0 Å². The molecule has 0 spiro atoms. The summed E-state index contributed by atoms with van der Waals surface area (Å²) in [6, 6.07) is 0. The zero-order valence-corrected chi connectivity index (χ0v) is 8.34. The molecule has 0 rings (SSSR count). The van der Waals surface area contributed by atoms with Crippen LogP contribution in [0.15, 0.2) is 0 Å². The summed E-state index contributed by atoms with van der Waals surface area (Å²) < 4.78 is 0. The van der Waals surface area contributed by atoms with Crippen LogP contribution in [0.4, 0.5) is 0 Å². The lowest BCUT2D eigenvalue weighted by Gasteiger charge is -2.03. The summed E-state index contributed by atoms with van der Waals surface area (Å²) in [7, 11) is 0. The number of aliphatic hydroxyl groups excluding tert-OH is 1. The molecule has 1 unspecified atom stereocenters. The molecule has 7 heteroatoms. The summed E-state index contributed by atoms with van der Waals surface area (Å²) in [5.74, 6) is -1.55. The average Bonchev–Trinajstić information content (AvgIpc) is 2.10. The molecule has 0 saturated carbocycles. The van der Waals surface area contributed by atoms with E-state index in [1.807, 2.05) is 0 Å². The van der Waals surface area contributed by atoms with Gasteiger partial charge in [0.15, 0.2) is 0 Å². The van der Waals surface area contributed by atoms with E-state index in [4.69, 9.17) is 10.2 Å². The van der Waals surface area contributed by atoms with E-state index in [2.05, 4.69) is 5.32 Å². The van der Waals surface area contributed by atoms with Gasteiger partial charge in [0, 0.05) is 19.2 Å². The van der Waals surface area contributed by atoms with Gasteiger partial charge in [0.1, 0.15) is 0 Å². The molecule has 6 nitrogen and oxygen atoms in total. The lowest BCUT2D eigenvalue weighted by Crippen LogP contribution is -2.29. The van der Waals surface area contributed by atoms with Gasteiger partial charge < -0.3 is 15.5 Å². The van der Waals surface area contributed by atoms with Crippen molar-refractivity contribution in [1.82, 2.24) is 5.32 Å². The number of aliphatic hydroxyl groups is 1. The standard InChI is InChI=1S/C7H11NO5S/c1-4(9)8-2-3-14-7(13)5(10)6(11)12/h5,10H,2-3H2,1H3,(H,8,9)(H,11,12). The van der Waals surface area contributed by atoms with Crippen LogP contribution in [-0.4, -0.2) is 45.6 Å². The molecule has 0 radical (unpaired) electrons. The molecule has 0 aromatic rings. The Morgan fingerprint density at radius 2 is 2.00 bits per heavy atom. The summed E-state index contributed by atoms with van der Waals surface area (Å²) in [6.45, 7) is 1.59. The van der Waals surface area contributed by atoms with Crippen molar-refractivity contribution in [2.24, 2.45) is 0 Å². The van der Waals surface area contributed by atoms with E-state index in [-0.39, 0.29) is 18.2 Å². The fourth-order valence-electron chi connectivity index (χ4n) is 0.558. The van der Waals surface area contributed by atoms with Crippen LogP contribution < -0.4 is 5.32 Å². The quantitative estimate of drug-likeness (QED) is 0.399. The van der Waals surface area contributed by atoms with Crippen molar-refractivity contribution in [1.29, 1.82) is 0 Å². The van der Waals surface area contributed by atoms with Crippen molar-refractivity contribution >= 4 is 28.8 Å². The Balaban J connectivity index is 3.64. The Morgan fingerprint density at radius 3 is 2.43 bits per heavy atom. The molecule has 0 aliphatic rings. The normalized spacial score (nSPS) is 11.9. The summed E-state index contributed by atoms with van der Waals surface area (Å²) in [5.41, 5.74) is 0. The number of carboxylic acids is 1. The first-order valence-electron chi connectivity index (χ1n) is 3.77. The lowest BCUT2D eigenvalue weighted by atomic mass is 10.4. The Morgan fingerprint density at radius 1 is 1.43 bits per heavy atom. The van der Waals surface area contributed by atoms with Crippen LogP contribution in [-0.2, 0) is 14.4 Å². The number of nitrogens with one attached hydrogen (secondary N) is 1. The first-order valence-corrected chi connectivity index (χ1v) is 4.75. The number of thioether (sulfide) groups is 1. The molecule has 3 N–H and O–H groups in total. The zero-order chi connectivity index (χ0) is 11.1. The second-order valence-electron chi connectivity index (χ2n) is 2.39. The molecule has 14 heavy (non-hydrogen) atoms. The van der Waals surface area contributed by atoms with Crippen LogP contribution in [0, 0.1) is 0 Å². The molecule has 1 amide bonds. The van der Waals surface area contributed by atoms with Gasteiger partial charge >= 0.3 is 5.97 Å². The smallest absolute Gasteiger partial charge is 0.341 e. The van der Waals surface area contributed by atoms with E-state index in [0.717, 1.165) is 0 Å². The molecule has 0 saturated heterocycles. The van der Waals surface area contributed by atoms with Gasteiger partial charge in [-0.05, 0) is 0 Å². The minimum Gasteiger partial charge on any atom is -0.479 e. The lowest BCUT2D eigenvalue weighted by molar-refractivity contribution is -0.149. The van der Waals surface area contributed by atoms with Gasteiger partial charge in [0.25, 0.3) is 0 Å². The number of hydrogen-bond acceptors (Lipinski definition) is 5. The number of rotatable bonds is 5. The topological polar surface area (TPSA) is 104 Å². The third-order valence-corrected chi connectivity index (χ3v) is 2.09. The number of carbonyl (C=O) groups is 3. The zero-order valence-electron chi connectivity index (χ0n) is 7.52. The van der Waals surface area contributed by atoms with E-state index in [9.17, 15) is 14.4 Å². The Bertz CT molecular complexity index is 242. The van der Waals surface area contributed by atoms with Gasteiger partial charge in [-0.3, -0.25) is 9.59 Å². The predicted octanol–water partition coefficient (Wildman–Crippen LogP) is -1.17. The summed E-state index contributed by atoms with van der Waals surface area (Å²) in [6.07, 6.45) is -1.99. The maximum atomic E-state index is 10.8. The Kier molecular flexibility index (Phi) is 5.89. The SMILES string of the molecule is CC(=O)NCCSC(=O)C(O)C(=O)O. The summed E-state index contributed by atoms with van der Waals surface area (Å²) in [4.78, 5) is 31.4. The molecule has 0 heterocycles. The predicted molar refractivity (Wildman–Crippen MR) is 49.8 cm³/mol. The van der Waals surface area contributed by atoms with Crippen molar-refractivity contribution in [3.63, 3.8) is 0 Å². The molecule has 0 fully saturated rings. The van der Waals surface area contributed by atoms with Crippen LogP contribution in [0.3, 0.4) is 0 Å². The molecule has 1 atom stereocenters. The van der Waals surface area contributed by atoms with Crippen LogP contribution in [0.5, 0.6) is 0 Å². The third-order valence-electron chi connectivity index (χ3n) is 1.18. The van der Waals surface area contributed by atoms with Crippen LogP contribution in [0.1, 0.15) is 6.92 Å². The largest absolute Gasteiger partial charge is 0.479 e. The number of aliphatic carboxylic acids is 1. The van der Waals surface area contributed by atoms with Crippen molar-refractivity contribution < 1.29 is 24.6 Å². The highest BCUT2D eigenvalue weighted by Crippen LogP contribution is 2.04. The van der Waals surface area contributed by atoms with Gasteiger partial charge in [-0.1, -0.05) is 11.8 Å². The van der Waals surface area contributed by atoms with E-state index >= 15 is 0 Å². The minimum absolute atomic E-state index is 0.225. The first kappa shape index (κ1) is 12.9. The molecule has 80 valence electrons. The molecular weight excluding hydrogens is 210 g/mol. The molecule has 0 aromatic heterocycles. The monoisotopic (exact) mass is 221 g/mol. The van der Waals surface area contributed by atoms with Gasteiger partial charge in [-0.2, -0.15) is 0 Å². The van der Waals surface area contributed by atoms with Crippen LogP contribution in [0.25, 0.3) is 0 Å². The van der Waals surface area contributed by atoms with Crippen molar-refractivity contribution in [2.75, 3.05) is 12.3 Å². The van der Waals surface area contributed by atoms with E-state index in [0.29, 0.717) is 11.8 Å². The maximum Gasteiger partial charge on any atom is 0.341 e. The van der Waals surface area contributed by atoms with E-state index in [1.165, 1.54) is 6.92 Å². The van der Waals surface area contributed by atoms with E-state index < -0.39 is 17.2 Å².